The van der Waals surface area contributed by atoms with Crippen LogP contribution < -0.4 is 5.73 Å². The van der Waals surface area contributed by atoms with Crippen molar-refractivity contribution in [2.75, 3.05) is 19.6 Å². The molecule has 1 aromatic carbocycles. The first-order valence-corrected chi connectivity index (χ1v) is 7.36. The minimum absolute atomic E-state index is 0. The molecule has 3 rings (SSSR count). The fraction of sp³-hybridized carbons (Fsp3) is 0.333. The second kappa shape index (κ2) is 8.80. The van der Waals surface area contributed by atoms with E-state index in [2.05, 4.69) is 4.98 Å². The van der Waals surface area contributed by atoms with Crippen LogP contribution in [0.25, 0.3) is 5.69 Å². The molecule has 1 saturated heterocycles. The SMILES string of the molecule is Cl.Cl.NCC1CCN(C(=O)c2ccc(-n3ccnc3)c([N+](=O)[O-])c2)C1. The first kappa shape index (κ1) is 20.9. The maximum absolute atomic E-state index is 12.5. The van der Waals surface area contributed by atoms with E-state index in [0.717, 1.165) is 6.42 Å². The zero-order valence-electron chi connectivity index (χ0n) is 13.3. The summed E-state index contributed by atoms with van der Waals surface area (Å²) in [7, 11) is 0. The summed E-state index contributed by atoms with van der Waals surface area (Å²) in [6.45, 7) is 1.79. The molecule has 0 aliphatic carbocycles. The molecule has 136 valence electrons. The Balaban J connectivity index is 0.00000156. The highest BCUT2D eigenvalue weighted by molar-refractivity contribution is 5.95. The molecule has 1 fully saturated rings. The molecule has 1 unspecified atom stereocenters. The van der Waals surface area contributed by atoms with Gasteiger partial charge in [-0.2, -0.15) is 0 Å². The van der Waals surface area contributed by atoms with Gasteiger partial charge in [-0.1, -0.05) is 0 Å². The molecule has 1 amide bonds. The van der Waals surface area contributed by atoms with Gasteiger partial charge in [0, 0.05) is 37.1 Å². The fourth-order valence-electron chi connectivity index (χ4n) is 2.81. The molecule has 1 aromatic heterocycles. The number of halogens is 2. The highest BCUT2D eigenvalue weighted by atomic mass is 35.5. The second-order valence-corrected chi connectivity index (χ2v) is 5.57. The average molecular weight is 388 g/mol. The van der Waals surface area contributed by atoms with Gasteiger partial charge in [0.25, 0.3) is 11.6 Å². The third-order valence-corrected chi connectivity index (χ3v) is 4.11. The number of nitro groups is 1. The Morgan fingerprint density at radius 2 is 2.16 bits per heavy atom. The minimum atomic E-state index is -0.487. The molecule has 2 aromatic rings. The number of nitrogens with two attached hydrogens (primary N) is 1. The Hall–Kier alpha value is -2.16. The van der Waals surface area contributed by atoms with Crippen LogP contribution in [0, 0.1) is 16.0 Å². The van der Waals surface area contributed by atoms with Gasteiger partial charge in [0.2, 0.25) is 0 Å². The summed E-state index contributed by atoms with van der Waals surface area (Å²) in [6, 6.07) is 4.51. The van der Waals surface area contributed by atoms with Gasteiger partial charge in [-0.15, -0.1) is 24.8 Å². The summed E-state index contributed by atoms with van der Waals surface area (Å²) < 4.78 is 1.55. The standard InChI is InChI=1S/C15H17N5O3.2ClH/c16-8-11-3-5-18(9-11)15(21)12-1-2-13(14(7-12)20(22)23)19-6-4-17-10-19;;/h1-2,4,6-7,10-11H,3,5,8-9,16H2;2*1H. The zero-order chi connectivity index (χ0) is 16.4. The van der Waals surface area contributed by atoms with Crippen molar-refractivity contribution in [1.29, 1.82) is 0 Å². The normalized spacial score (nSPS) is 16.0. The van der Waals surface area contributed by atoms with Crippen LogP contribution in [0.5, 0.6) is 0 Å². The van der Waals surface area contributed by atoms with Crippen LogP contribution in [0.2, 0.25) is 0 Å². The molecule has 10 heteroatoms. The molecule has 25 heavy (non-hydrogen) atoms. The lowest BCUT2D eigenvalue weighted by atomic mass is 10.1. The van der Waals surface area contributed by atoms with Crippen molar-refractivity contribution >= 4 is 36.4 Å². The summed E-state index contributed by atoms with van der Waals surface area (Å²) in [4.78, 5) is 29.0. The van der Waals surface area contributed by atoms with Gasteiger partial charge >= 0.3 is 0 Å². The maximum atomic E-state index is 12.5. The molecule has 8 nitrogen and oxygen atoms in total. The lowest BCUT2D eigenvalue weighted by molar-refractivity contribution is -0.384. The lowest BCUT2D eigenvalue weighted by Gasteiger charge is -2.16. The summed E-state index contributed by atoms with van der Waals surface area (Å²) in [5.41, 5.74) is 6.21. The Labute approximate surface area is 157 Å². The Kier molecular flexibility index (Phi) is 7.35. The number of aromatic nitrogens is 2. The van der Waals surface area contributed by atoms with Crippen molar-refractivity contribution in [2.24, 2.45) is 11.7 Å². The largest absolute Gasteiger partial charge is 0.338 e. The minimum Gasteiger partial charge on any atom is -0.338 e. The van der Waals surface area contributed by atoms with E-state index in [-0.39, 0.29) is 36.4 Å². The van der Waals surface area contributed by atoms with Gasteiger partial charge in [0.15, 0.2) is 0 Å². The lowest BCUT2D eigenvalue weighted by Crippen LogP contribution is -2.29. The van der Waals surface area contributed by atoms with E-state index in [1.165, 1.54) is 12.4 Å². The predicted molar refractivity (Wildman–Crippen MR) is 97.8 cm³/mol. The van der Waals surface area contributed by atoms with Crippen LogP contribution in [0.3, 0.4) is 0 Å². The molecule has 1 atom stereocenters. The molecular weight excluding hydrogens is 369 g/mol. The molecule has 0 spiro atoms. The van der Waals surface area contributed by atoms with E-state index in [0.29, 0.717) is 36.8 Å². The first-order chi connectivity index (χ1) is 11.1. The van der Waals surface area contributed by atoms with Gasteiger partial charge in [-0.3, -0.25) is 14.9 Å². The van der Waals surface area contributed by atoms with Crippen molar-refractivity contribution in [3.8, 4) is 5.69 Å². The number of likely N-dealkylation sites (tertiary alicyclic amines) is 1. The van der Waals surface area contributed by atoms with Crippen molar-refractivity contribution in [1.82, 2.24) is 14.5 Å². The van der Waals surface area contributed by atoms with Gasteiger partial charge in [0.1, 0.15) is 5.69 Å². The number of nitrogens with zero attached hydrogens (tertiary/aromatic N) is 4. The fourth-order valence-corrected chi connectivity index (χ4v) is 2.81. The van der Waals surface area contributed by atoms with Crippen LogP contribution in [0.15, 0.2) is 36.9 Å². The van der Waals surface area contributed by atoms with Crippen molar-refractivity contribution in [3.63, 3.8) is 0 Å². The van der Waals surface area contributed by atoms with Gasteiger partial charge in [0.05, 0.1) is 11.3 Å². The van der Waals surface area contributed by atoms with E-state index in [9.17, 15) is 14.9 Å². The maximum Gasteiger partial charge on any atom is 0.294 e. The summed E-state index contributed by atoms with van der Waals surface area (Å²) in [5, 5.41) is 11.3. The highest BCUT2D eigenvalue weighted by Gasteiger charge is 2.27. The third kappa shape index (κ3) is 4.28. The number of benzene rings is 1. The van der Waals surface area contributed by atoms with Gasteiger partial charge in [-0.05, 0) is 31.0 Å². The average Bonchev–Trinajstić information content (AvgIpc) is 3.24. The Morgan fingerprint density at radius 1 is 1.40 bits per heavy atom. The number of hydrogen-bond donors (Lipinski definition) is 1. The van der Waals surface area contributed by atoms with Crippen molar-refractivity contribution in [3.05, 3.63) is 52.6 Å². The number of nitro benzene ring substituents is 1. The number of imidazole rings is 1. The predicted octanol–water partition coefficient (Wildman–Crippen LogP) is 2.04. The number of amides is 1. The van der Waals surface area contributed by atoms with Crippen molar-refractivity contribution < 1.29 is 9.72 Å². The van der Waals surface area contributed by atoms with E-state index in [4.69, 9.17) is 5.73 Å². The Morgan fingerprint density at radius 3 is 2.72 bits per heavy atom. The van der Waals surface area contributed by atoms with E-state index >= 15 is 0 Å². The highest BCUT2D eigenvalue weighted by Crippen LogP contribution is 2.26. The second-order valence-electron chi connectivity index (χ2n) is 5.57. The van der Waals surface area contributed by atoms with Crippen LogP contribution >= 0.6 is 24.8 Å². The van der Waals surface area contributed by atoms with E-state index in [1.807, 2.05) is 0 Å². The summed E-state index contributed by atoms with van der Waals surface area (Å²) in [6.07, 6.45) is 5.52. The number of carbonyl (C=O) groups is 1. The monoisotopic (exact) mass is 387 g/mol. The molecule has 0 bridgehead atoms. The number of rotatable bonds is 4. The summed E-state index contributed by atoms with van der Waals surface area (Å²) in [5.74, 6) is 0.111. The first-order valence-electron chi connectivity index (χ1n) is 7.36. The van der Waals surface area contributed by atoms with Crippen LogP contribution in [-0.2, 0) is 0 Å². The van der Waals surface area contributed by atoms with E-state index in [1.54, 1.807) is 34.0 Å². The number of hydrogen-bond acceptors (Lipinski definition) is 5. The van der Waals surface area contributed by atoms with Crippen LogP contribution in [0.4, 0.5) is 5.69 Å². The van der Waals surface area contributed by atoms with Gasteiger partial charge < -0.3 is 15.2 Å². The third-order valence-electron chi connectivity index (χ3n) is 4.11. The Bertz CT molecular complexity index is 739. The zero-order valence-corrected chi connectivity index (χ0v) is 14.9. The molecule has 1 aliphatic rings. The molecule has 0 radical (unpaired) electrons. The van der Waals surface area contributed by atoms with E-state index < -0.39 is 4.92 Å². The van der Waals surface area contributed by atoms with Crippen LogP contribution in [0.1, 0.15) is 16.8 Å². The van der Waals surface area contributed by atoms with Crippen molar-refractivity contribution in [2.45, 2.75) is 6.42 Å². The molecule has 2 N–H and O–H groups in total. The smallest absolute Gasteiger partial charge is 0.294 e. The number of carbonyl (C=O) groups excluding carboxylic acids is 1. The molecule has 1 aliphatic heterocycles. The quantitative estimate of drug-likeness (QED) is 0.637. The van der Waals surface area contributed by atoms with Crippen LogP contribution in [-0.4, -0.2) is 44.9 Å². The summed E-state index contributed by atoms with van der Waals surface area (Å²) >= 11 is 0. The van der Waals surface area contributed by atoms with Gasteiger partial charge in [-0.25, -0.2) is 4.98 Å². The molecule has 2 heterocycles. The molecule has 0 saturated carbocycles. The topological polar surface area (TPSA) is 107 Å². The molecular formula is C15H19Cl2N5O3.